The summed E-state index contributed by atoms with van der Waals surface area (Å²) >= 11 is 0. The first-order valence-corrected chi connectivity index (χ1v) is 8.03. The number of carbonyl (C=O) groups is 1. The smallest absolute Gasteiger partial charge is 0.338 e. The summed E-state index contributed by atoms with van der Waals surface area (Å²) < 4.78 is 27.3. The Morgan fingerprint density at radius 1 is 1.05 bits per heavy atom. The fourth-order valence-electron chi connectivity index (χ4n) is 1.74. The molecule has 0 spiro atoms. The number of rotatable bonds is 5. The van der Waals surface area contributed by atoms with E-state index in [4.69, 9.17) is 9.88 Å². The van der Waals surface area contributed by atoms with Gasteiger partial charge in [-0.3, -0.25) is 0 Å². The fraction of sp³-hybridized carbons (Fsp3) is 0.0625. The van der Waals surface area contributed by atoms with Gasteiger partial charge in [-0.1, -0.05) is 36.4 Å². The van der Waals surface area contributed by atoms with E-state index in [1.54, 1.807) is 6.08 Å². The lowest BCUT2D eigenvalue weighted by molar-refractivity contribution is 0.0550. The summed E-state index contributed by atoms with van der Waals surface area (Å²) in [4.78, 5) is 11.7. The molecule has 0 unspecified atom stereocenters. The van der Waals surface area contributed by atoms with Gasteiger partial charge in [-0.15, -0.1) is 0 Å². The van der Waals surface area contributed by atoms with Crippen LogP contribution in [0.25, 0.3) is 6.08 Å². The SMILES string of the molecule is NS(=O)(=O)c1ccc(C(=O)OC/C=C\c2ccccc2)cc1. The summed E-state index contributed by atoms with van der Waals surface area (Å²) in [5.74, 6) is -0.529. The summed E-state index contributed by atoms with van der Waals surface area (Å²) in [5.41, 5.74) is 1.27. The van der Waals surface area contributed by atoms with Gasteiger partial charge in [0.25, 0.3) is 0 Å². The van der Waals surface area contributed by atoms with Crippen molar-refractivity contribution < 1.29 is 17.9 Å². The standard InChI is InChI=1S/C16H15NO4S/c17-22(19,20)15-10-8-14(9-11-15)16(18)21-12-4-7-13-5-2-1-3-6-13/h1-11H,12H2,(H2,17,19,20)/b7-4-. The molecule has 0 aliphatic carbocycles. The Labute approximate surface area is 129 Å². The van der Waals surface area contributed by atoms with Gasteiger partial charge in [0, 0.05) is 0 Å². The largest absolute Gasteiger partial charge is 0.458 e. The minimum Gasteiger partial charge on any atom is -0.458 e. The van der Waals surface area contributed by atoms with Gasteiger partial charge in [0.15, 0.2) is 0 Å². The normalized spacial score (nSPS) is 11.5. The van der Waals surface area contributed by atoms with Crippen LogP contribution in [0.3, 0.4) is 0 Å². The summed E-state index contributed by atoms with van der Waals surface area (Å²) in [6.07, 6.45) is 3.57. The van der Waals surface area contributed by atoms with Crippen molar-refractivity contribution in [3.8, 4) is 0 Å². The van der Waals surface area contributed by atoms with Crippen molar-refractivity contribution in [1.82, 2.24) is 0 Å². The second kappa shape index (κ2) is 7.02. The number of ether oxygens (including phenoxy) is 1. The lowest BCUT2D eigenvalue weighted by Gasteiger charge is -2.03. The van der Waals surface area contributed by atoms with Crippen LogP contribution in [0.5, 0.6) is 0 Å². The van der Waals surface area contributed by atoms with Crippen LogP contribution < -0.4 is 5.14 Å². The summed E-state index contributed by atoms with van der Waals surface area (Å²) in [6.45, 7) is 0.130. The number of benzene rings is 2. The number of primary sulfonamides is 1. The number of sulfonamides is 1. The first-order valence-electron chi connectivity index (χ1n) is 6.48. The van der Waals surface area contributed by atoms with Gasteiger partial charge in [0.05, 0.1) is 10.5 Å². The number of nitrogens with two attached hydrogens (primary N) is 1. The van der Waals surface area contributed by atoms with Crippen LogP contribution in [0.4, 0.5) is 0 Å². The lowest BCUT2D eigenvalue weighted by atomic mass is 10.2. The van der Waals surface area contributed by atoms with Gasteiger partial charge in [0.1, 0.15) is 6.61 Å². The average Bonchev–Trinajstić information content (AvgIpc) is 2.52. The first kappa shape index (κ1) is 15.9. The van der Waals surface area contributed by atoms with Crippen LogP contribution in [0.15, 0.2) is 65.6 Å². The van der Waals surface area contributed by atoms with Crippen LogP contribution in [0.2, 0.25) is 0 Å². The van der Waals surface area contributed by atoms with E-state index in [2.05, 4.69) is 0 Å². The zero-order valence-corrected chi connectivity index (χ0v) is 12.5. The molecule has 5 nitrogen and oxygen atoms in total. The Morgan fingerprint density at radius 2 is 1.68 bits per heavy atom. The maximum atomic E-state index is 11.8. The molecule has 2 aromatic carbocycles. The highest BCUT2D eigenvalue weighted by atomic mass is 32.2. The van der Waals surface area contributed by atoms with Crippen molar-refractivity contribution in [1.29, 1.82) is 0 Å². The summed E-state index contributed by atoms with van der Waals surface area (Å²) in [6, 6.07) is 14.9. The molecule has 114 valence electrons. The van der Waals surface area contributed by atoms with Crippen molar-refractivity contribution in [2.75, 3.05) is 6.61 Å². The number of hydrogen-bond donors (Lipinski definition) is 1. The molecule has 0 fully saturated rings. The van der Waals surface area contributed by atoms with Crippen LogP contribution in [-0.4, -0.2) is 21.0 Å². The van der Waals surface area contributed by atoms with E-state index in [-0.39, 0.29) is 17.1 Å². The minimum atomic E-state index is -3.76. The maximum absolute atomic E-state index is 11.8. The van der Waals surface area contributed by atoms with E-state index in [1.807, 2.05) is 36.4 Å². The molecule has 2 aromatic rings. The first-order chi connectivity index (χ1) is 10.5. The molecule has 0 heterocycles. The van der Waals surface area contributed by atoms with Gasteiger partial charge in [-0.2, -0.15) is 0 Å². The molecule has 0 aromatic heterocycles. The third-order valence-corrected chi connectivity index (χ3v) is 3.77. The monoisotopic (exact) mass is 317 g/mol. The lowest BCUT2D eigenvalue weighted by Crippen LogP contribution is -2.12. The Morgan fingerprint density at radius 3 is 2.27 bits per heavy atom. The number of carbonyl (C=O) groups excluding carboxylic acids is 1. The topological polar surface area (TPSA) is 86.5 Å². The molecule has 22 heavy (non-hydrogen) atoms. The molecule has 0 saturated heterocycles. The van der Waals surface area contributed by atoms with Crippen LogP contribution >= 0.6 is 0 Å². The van der Waals surface area contributed by atoms with Gasteiger partial charge in [0.2, 0.25) is 10.0 Å². The third kappa shape index (κ3) is 4.54. The van der Waals surface area contributed by atoms with Crippen molar-refractivity contribution in [2.24, 2.45) is 5.14 Å². The van der Waals surface area contributed by atoms with Crippen molar-refractivity contribution in [3.05, 3.63) is 71.8 Å². The molecule has 6 heteroatoms. The highest BCUT2D eigenvalue weighted by Crippen LogP contribution is 2.10. The van der Waals surface area contributed by atoms with Gasteiger partial charge in [-0.05, 0) is 35.9 Å². The molecule has 2 N–H and O–H groups in total. The van der Waals surface area contributed by atoms with E-state index >= 15 is 0 Å². The number of esters is 1. The third-order valence-electron chi connectivity index (χ3n) is 2.84. The molecule has 0 aliphatic rings. The molecule has 0 amide bonds. The summed E-state index contributed by atoms with van der Waals surface area (Å²) in [5, 5.41) is 4.98. The van der Waals surface area contributed by atoms with Gasteiger partial charge in [-0.25, -0.2) is 18.4 Å². The van der Waals surface area contributed by atoms with Crippen LogP contribution in [0.1, 0.15) is 15.9 Å². The van der Waals surface area contributed by atoms with E-state index in [9.17, 15) is 13.2 Å². The van der Waals surface area contributed by atoms with Crippen molar-refractivity contribution >= 4 is 22.1 Å². The Hall–Kier alpha value is -2.44. The molecule has 0 aliphatic heterocycles. The van der Waals surface area contributed by atoms with E-state index in [1.165, 1.54) is 24.3 Å². The maximum Gasteiger partial charge on any atom is 0.338 e. The van der Waals surface area contributed by atoms with E-state index in [0.717, 1.165) is 5.56 Å². The zero-order chi connectivity index (χ0) is 16.0. The molecule has 0 atom stereocenters. The predicted molar refractivity (Wildman–Crippen MR) is 83.6 cm³/mol. The quantitative estimate of drug-likeness (QED) is 0.857. The van der Waals surface area contributed by atoms with Crippen molar-refractivity contribution in [3.63, 3.8) is 0 Å². The molecule has 0 saturated carbocycles. The van der Waals surface area contributed by atoms with Gasteiger partial charge >= 0.3 is 5.97 Å². The van der Waals surface area contributed by atoms with Gasteiger partial charge < -0.3 is 4.74 Å². The van der Waals surface area contributed by atoms with Crippen LogP contribution in [0, 0.1) is 0 Å². The second-order valence-corrected chi connectivity index (χ2v) is 6.04. The minimum absolute atomic E-state index is 0.0481. The average molecular weight is 317 g/mol. The fourth-order valence-corrected chi connectivity index (χ4v) is 2.25. The molecular weight excluding hydrogens is 302 g/mol. The molecular formula is C16H15NO4S. The summed E-state index contributed by atoms with van der Waals surface area (Å²) in [7, 11) is -3.76. The molecule has 2 rings (SSSR count). The van der Waals surface area contributed by atoms with Crippen molar-refractivity contribution in [2.45, 2.75) is 4.90 Å². The molecule has 0 radical (unpaired) electrons. The van der Waals surface area contributed by atoms with E-state index in [0.29, 0.717) is 0 Å². The predicted octanol–water partition coefficient (Wildman–Crippen LogP) is 2.20. The number of hydrogen-bond acceptors (Lipinski definition) is 4. The highest BCUT2D eigenvalue weighted by Gasteiger charge is 2.10. The Bertz CT molecular complexity index is 766. The second-order valence-electron chi connectivity index (χ2n) is 4.48. The highest BCUT2D eigenvalue weighted by molar-refractivity contribution is 7.89. The van der Waals surface area contributed by atoms with E-state index < -0.39 is 16.0 Å². The zero-order valence-electron chi connectivity index (χ0n) is 11.7. The Kier molecular flexibility index (Phi) is 5.08. The molecule has 0 bridgehead atoms. The van der Waals surface area contributed by atoms with Crippen LogP contribution in [-0.2, 0) is 14.8 Å². The Balaban J connectivity index is 1.91.